The van der Waals surface area contributed by atoms with Gasteiger partial charge in [0.2, 0.25) is 5.91 Å². The molecule has 1 amide bonds. The van der Waals surface area contributed by atoms with Crippen LogP contribution in [0.4, 0.5) is 0 Å². The largest absolute Gasteiger partial charge is 0.353 e. The van der Waals surface area contributed by atoms with E-state index in [4.69, 9.17) is 0 Å². The van der Waals surface area contributed by atoms with Crippen molar-refractivity contribution in [3.05, 3.63) is 48.2 Å². The summed E-state index contributed by atoms with van der Waals surface area (Å²) in [7, 11) is 0. The Labute approximate surface area is 100 Å². The molecule has 1 N–H and O–H groups in total. The molecule has 17 heavy (non-hydrogen) atoms. The van der Waals surface area contributed by atoms with E-state index in [1.165, 1.54) is 6.92 Å². The lowest BCUT2D eigenvalue weighted by atomic mass is 10.2. The third kappa shape index (κ3) is 3.14. The topological polar surface area (TPSA) is 42.0 Å². The fraction of sp³-hybridized carbons (Fsp3) is 0.143. The first-order valence-electron chi connectivity index (χ1n) is 5.52. The number of nitrogens with one attached hydrogen (secondary N) is 1. The van der Waals surface area contributed by atoms with Gasteiger partial charge in [0.15, 0.2) is 0 Å². The summed E-state index contributed by atoms with van der Waals surface area (Å²) >= 11 is 0. The highest BCUT2D eigenvalue weighted by Crippen LogP contribution is 2.12. The maximum absolute atomic E-state index is 10.7. The van der Waals surface area contributed by atoms with Crippen LogP contribution in [0, 0.1) is 0 Å². The average molecular weight is 226 g/mol. The molecule has 1 aromatic heterocycles. The van der Waals surface area contributed by atoms with Gasteiger partial charge in [0.25, 0.3) is 0 Å². The van der Waals surface area contributed by atoms with Gasteiger partial charge in [0.05, 0.1) is 11.2 Å². The van der Waals surface area contributed by atoms with E-state index >= 15 is 0 Å². The normalized spacial score (nSPS) is 10.9. The van der Waals surface area contributed by atoms with E-state index in [1.807, 2.05) is 48.6 Å². The molecule has 0 fully saturated rings. The first-order valence-corrected chi connectivity index (χ1v) is 5.52. The highest BCUT2D eigenvalue weighted by Gasteiger charge is 1.94. The molecule has 0 aliphatic heterocycles. The number of carbonyl (C=O) groups excluding carboxylic acids is 1. The first-order chi connectivity index (χ1) is 8.25. The third-order valence-electron chi connectivity index (χ3n) is 2.38. The lowest BCUT2D eigenvalue weighted by Gasteiger charge is -1.98. The van der Waals surface area contributed by atoms with Crippen molar-refractivity contribution in [2.75, 3.05) is 6.54 Å². The summed E-state index contributed by atoms with van der Waals surface area (Å²) < 4.78 is 0. The molecule has 0 saturated carbocycles. The Balaban J connectivity index is 2.11. The lowest BCUT2D eigenvalue weighted by molar-refractivity contribution is -0.118. The highest BCUT2D eigenvalue weighted by molar-refractivity contribution is 5.79. The Morgan fingerprint density at radius 1 is 1.29 bits per heavy atom. The van der Waals surface area contributed by atoms with Crippen LogP contribution in [0.3, 0.4) is 0 Å². The van der Waals surface area contributed by atoms with Crippen molar-refractivity contribution in [1.29, 1.82) is 0 Å². The van der Waals surface area contributed by atoms with Crippen molar-refractivity contribution in [3.63, 3.8) is 0 Å². The minimum absolute atomic E-state index is 0.0267. The fourth-order valence-corrected chi connectivity index (χ4v) is 1.56. The molecule has 0 bridgehead atoms. The van der Waals surface area contributed by atoms with Crippen LogP contribution in [0.25, 0.3) is 17.0 Å². The molecule has 1 aromatic carbocycles. The van der Waals surface area contributed by atoms with Crippen LogP contribution in [0.1, 0.15) is 12.6 Å². The Morgan fingerprint density at radius 2 is 2.12 bits per heavy atom. The maximum Gasteiger partial charge on any atom is 0.217 e. The SMILES string of the molecule is CC(=O)NCC=Cc1ccc2ccccc2n1. The average Bonchev–Trinajstić information content (AvgIpc) is 2.34. The van der Waals surface area contributed by atoms with Gasteiger partial charge < -0.3 is 5.32 Å². The van der Waals surface area contributed by atoms with Gasteiger partial charge in [-0.3, -0.25) is 4.79 Å². The fourth-order valence-electron chi connectivity index (χ4n) is 1.56. The molecule has 2 aromatic rings. The summed E-state index contributed by atoms with van der Waals surface area (Å²) in [4.78, 5) is 15.2. The summed E-state index contributed by atoms with van der Waals surface area (Å²) in [6.07, 6.45) is 3.79. The number of pyridine rings is 1. The molecule has 0 aliphatic rings. The van der Waals surface area contributed by atoms with E-state index in [-0.39, 0.29) is 5.91 Å². The minimum Gasteiger partial charge on any atom is -0.353 e. The molecule has 0 unspecified atom stereocenters. The van der Waals surface area contributed by atoms with Gasteiger partial charge in [-0.2, -0.15) is 0 Å². The second-order valence-electron chi connectivity index (χ2n) is 3.77. The molecule has 0 atom stereocenters. The number of nitrogens with zero attached hydrogens (tertiary/aromatic N) is 1. The van der Waals surface area contributed by atoms with E-state index in [0.29, 0.717) is 6.54 Å². The molecule has 1 heterocycles. The Bertz CT molecular complexity index is 561. The van der Waals surface area contributed by atoms with Crippen molar-refractivity contribution in [2.24, 2.45) is 0 Å². The smallest absolute Gasteiger partial charge is 0.217 e. The molecule has 3 nitrogen and oxygen atoms in total. The standard InChI is InChI=1S/C14H14N2O/c1-11(17)15-10-4-6-13-9-8-12-5-2-3-7-14(12)16-13/h2-9H,10H2,1H3,(H,15,17). The van der Waals surface area contributed by atoms with Gasteiger partial charge in [-0.05, 0) is 18.2 Å². The first kappa shape index (κ1) is 11.3. The number of hydrogen-bond acceptors (Lipinski definition) is 2. The second kappa shape index (κ2) is 5.25. The van der Waals surface area contributed by atoms with Crippen molar-refractivity contribution >= 4 is 22.9 Å². The molecule has 0 aliphatic carbocycles. The van der Waals surface area contributed by atoms with E-state index in [9.17, 15) is 4.79 Å². The zero-order valence-electron chi connectivity index (χ0n) is 9.68. The summed E-state index contributed by atoms with van der Waals surface area (Å²) in [6, 6.07) is 12.0. The third-order valence-corrected chi connectivity index (χ3v) is 2.38. The number of hydrogen-bond donors (Lipinski definition) is 1. The quantitative estimate of drug-likeness (QED) is 0.873. The van der Waals surface area contributed by atoms with Gasteiger partial charge >= 0.3 is 0 Å². The Morgan fingerprint density at radius 3 is 2.94 bits per heavy atom. The van der Waals surface area contributed by atoms with Crippen molar-refractivity contribution < 1.29 is 4.79 Å². The van der Waals surface area contributed by atoms with Gasteiger partial charge in [0.1, 0.15) is 0 Å². The molecule has 0 radical (unpaired) electrons. The molecular formula is C14H14N2O. The maximum atomic E-state index is 10.7. The molecule has 2 rings (SSSR count). The molecule has 86 valence electrons. The number of aromatic nitrogens is 1. The van der Waals surface area contributed by atoms with Crippen LogP contribution in [0.15, 0.2) is 42.5 Å². The van der Waals surface area contributed by atoms with Crippen molar-refractivity contribution in [1.82, 2.24) is 10.3 Å². The van der Waals surface area contributed by atoms with Crippen molar-refractivity contribution in [3.8, 4) is 0 Å². The Hall–Kier alpha value is -2.16. The number of fused-ring (bicyclic) bond motifs is 1. The van der Waals surface area contributed by atoms with Crippen molar-refractivity contribution in [2.45, 2.75) is 6.92 Å². The predicted molar refractivity (Wildman–Crippen MR) is 69.5 cm³/mol. The van der Waals surface area contributed by atoms with Gasteiger partial charge in [-0.15, -0.1) is 0 Å². The zero-order chi connectivity index (χ0) is 12.1. The van der Waals surface area contributed by atoms with E-state index in [2.05, 4.69) is 10.3 Å². The summed E-state index contributed by atoms with van der Waals surface area (Å²) in [5, 5.41) is 3.83. The minimum atomic E-state index is -0.0267. The number of carbonyl (C=O) groups is 1. The van der Waals surface area contributed by atoms with Gasteiger partial charge in [0, 0.05) is 18.9 Å². The molecule has 0 spiro atoms. The van der Waals surface area contributed by atoms with E-state index in [0.717, 1.165) is 16.6 Å². The molecular weight excluding hydrogens is 212 g/mol. The van der Waals surface area contributed by atoms with Crippen LogP contribution in [-0.2, 0) is 4.79 Å². The van der Waals surface area contributed by atoms with Crippen LogP contribution >= 0.6 is 0 Å². The number of rotatable bonds is 3. The number of benzene rings is 1. The second-order valence-corrected chi connectivity index (χ2v) is 3.77. The predicted octanol–water partition coefficient (Wildman–Crippen LogP) is 2.38. The van der Waals surface area contributed by atoms with E-state index in [1.54, 1.807) is 0 Å². The van der Waals surface area contributed by atoms with Crippen LogP contribution in [0.5, 0.6) is 0 Å². The summed E-state index contributed by atoms with van der Waals surface area (Å²) in [5.74, 6) is -0.0267. The van der Waals surface area contributed by atoms with Gasteiger partial charge in [-0.25, -0.2) is 4.98 Å². The number of amides is 1. The zero-order valence-corrected chi connectivity index (χ0v) is 9.68. The van der Waals surface area contributed by atoms with Crippen LogP contribution in [0.2, 0.25) is 0 Å². The number of para-hydroxylation sites is 1. The molecule has 3 heteroatoms. The summed E-state index contributed by atoms with van der Waals surface area (Å²) in [5.41, 5.74) is 1.88. The van der Waals surface area contributed by atoms with E-state index < -0.39 is 0 Å². The highest BCUT2D eigenvalue weighted by atomic mass is 16.1. The summed E-state index contributed by atoms with van der Waals surface area (Å²) in [6.45, 7) is 2.03. The van der Waals surface area contributed by atoms with Crippen LogP contribution in [-0.4, -0.2) is 17.4 Å². The monoisotopic (exact) mass is 226 g/mol. The molecule has 0 saturated heterocycles. The van der Waals surface area contributed by atoms with Gasteiger partial charge in [-0.1, -0.05) is 30.3 Å². The lowest BCUT2D eigenvalue weighted by Crippen LogP contribution is -2.19. The Kier molecular flexibility index (Phi) is 3.50. The van der Waals surface area contributed by atoms with Crippen LogP contribution < -0.4 is 5.32 Å².